The summed E-state index contributed by atoms with van der Waals surface area (Å²) in [4.78, 5) is 12.2. The molecular weight excluding hydrogens is 212 g/mol. The molecule has 15 heavy (non-hydrogen) atoms. The van der Waals surface area contributed by atoms with Gasteiger partial charge in [-0.3, -0.25) is 4.57 Å². The lowest BCUT2D eigenvalue weighted by molar-refractivity contribution is 0.923. The Kier molecular flexibility index (Phi) is 2.96. The van der Waals surface area contributed by atoms with Gasteiger partial charge < -0.3 is 0 Å². The average Bonchev–Trinajstić information content (AvgIpc) is 2.80. The lowest BCUT2D eigenvalue weighted by Crippen LogP contribution is -1.97. The second kappa shape index (κ2) is 4.58. The summed E-state index contributed by atoms with van der Waals surface area (Å²) >= 11 is 5.44. The monoisotopic (exact) mass is 218 g/mol. The predicted octanol–water partition coefficient (Wildman–Crippen LogP) is 1.25. The molecular formula is C10H7ClN4. The van der Waals surface area contributed by atoms with E-state index in [-0.39, 0.29) is 0 Å². The zero-order valence-corrected chi connectivity index (χ0v) is 8.52. The van der Waals surface area contributed by atoms with Crippen molar-refractivity contribution in [3.63, 3.8) is 0 Å². The van der Waals surface area contributed by atoms with Crippen molar-refractivity contribution in [1.82, 2.24) is 19.5 Å². The number of hydrogen-bond donors (Lipinski definition) is 0. The van der Waals surface area contributed by atoms with Gasteiger partial charge >= 0.3 is 0 Å². The molecule has 0 unspecified atom stereocenters. The summed E-state index contributed by atoms with van der Waals surface area (Å²) in [5.41, 5.74) is 0.750. The van der Waals surface area contributed by atoms with Crippen LogP contribution in [0.5, 0.6) is 0 Å². The molecule has 5 heteroatoms. The Bertz CT molecular complexity index is 478. The van der Waals surface area contributed by atoms with Crippen LogP contribution in [-0.2, 0) is 0 Å². The van der Waals surface area contributed by atoms with Crippen molar-refractivity contribution in [2.24, 2.45) is 0 Å². The first-order valence-electron chi connectivity index (χ1n) is 4.25. The van der Waals surface area contributed by atoms with Crippen LogP contribution in [0.15, 0.2) is 31.1 Å². The fraction of sp³-hybridized carbons (Fsp3) is 0.100. The number of nitrogens with zero attached hydrogens (tertiary/aromatic N) is 4. The molecule has 0 aliphatic heterocycles. The van der Waals surface area contributed by atoms with Gasteiger partial charge in [0.2, 0.25) is 5.95 Å². The molecule has 2 aromatic rings. The molecule has 0 fully saturated rings. The third-order valence-corrected chi connectivity index (χ3v) is 1.81. The Morgan fingerprint density at radius 3 is 2.73 bits per heavy atom. The van der Waals surface area contributed by atoms with Crippen molar-refractivity contribution >= 4 is 11.6 Å². The van der Waals surface area contributed by atoms with Gasteiger partial charge in [-0.2, -0.15) is 0 Å². The molecule has 0 atom stereocenters. The van der Waals surface area contributed by atoms with Gasteiger partial charge in [0.25, 0.3) is 0 Å². The summed E-state index contributed by atoms with van der Waals surface area (Å²) in [5, 5.41) is 0. The number of alkyl halides is 1. The Morgan fingerprint density at radius 2 is 2.13 bits per heavy atom. The molecule has 0 aliphatic carbocycles. The zero-order chi connectivity index (χ0) is 10.5. The van der Waals surface area contributed by atoms with E-state index >= 15 is 0 Å². The molecule has 74 valence electrons. The summed E-state index contributed by atoms with van der Waals surface area (Å²) in [6, 6.07) is 0. The number of aromatic nitrogens is 4. The molecule has 2 aromatic heterocycles. The third-order valence-electron chi connectivity index (χ3n) is 1.67. The maximum atomic E-state index is 5.44. The Hall–Kier alpha value is -1.86. The Morgan fingerprint density at radius 1 is 1.33 bits per heavy atom. The van der Waals surface area contributed by atoms with E-state index in [2.05, 4.69) is 26.8 Å². The molecule has 0 aliphatic rings. The first-order valence-corrected chi connectivity index (χ1v) is 4.79. The summed E-state index contributed by atoms with van der Waals surface area (Å²) < 4.78 is 1.72. The molecule has 0 bridgehead atoms. The van der Waals surface area contributed by atoms with Crippen molar-refractivity contribution in [2.75, 3.05) is 5.88 Å². The highest BCUT2D eigenvalue weighted by molar-refractivity contribution is 6.19. The van der Waals surface area contributed by atoms with Crippen LogP contribution in [0.3, 0.4) is 0 Å². The van der Waals surface area contributed by atoms with Gasteiger partial charge in [-0.25, -0.2) is 15.0 Å². The Balaban J connectivity index is 2.25. The lowest BCUT2D eigenvalue weighted by atomic mass is 10.3. The second-order valence-electron chi connectivity index (χ2n) is 2.68. The van der Waals surface area contributed by atoms with E-state index in [0.29, 0.717) is 11.8 Å². The molecule has 4 nitrogen and oxygen atoms in total. The maximum Gasteiger partial charge on any atom is 0.234 e. The summed E-state index contributed by atoms with van der Waals surface area (Å²) in [7, 11) is 0. The number of hydrogen-bond acceptors (Lipinski definition) is 3. The molecule has 0 amide bonds. The normalized spacial score (nSPS) is 9.40. The van der Waals surface area contributed by atoms with Crippen molar-refractivity contribution in [3.8, 4) is 17.8 Å². The molecule has 0 spiro atoms. The van der Waals surface area contributed by atoms with Crippen LogP contribution in [0.4, 0.5) is 0 Å². The minimum atomic E-state index is 0.309. The van der Waals surface area contributed by atoms with E-state index in [1.165, 1.54) is 0 Å². The highest BCUT2D eigenvalue weighted by Crippen LogP contribution is 1.99. The largest absolute Gasteiger partial charge is 0.274 e. The molecule has 0 saturated heterocycles. The SMILES string of the molecule is ClCC#Cc1cnc(-n2ccnc2)nc1. The van der Waals surface area contributed by atoms with Gasteiger partial charge in [-0.15, -0.1) is 11.6 Å². The fourth-order valence-electron chi connectivity index (χ4n) is 1.03. The van der Waals surface area contributed by atoms with Gasteiger partial charge in [-0.1, -0.05) is 11.8 Å². The van der Waals surface area contributed by atoms with Crippen molar-refractivity contribution in [1.29, 1.82) is 0 Å². The van der Waals surface area contributed by atoms with Gasteiger partial charge in [0.05, 0.1) is 11.4 Å². The molecule has 2 heterocycles. The zero-order valence-electron chi connectivity index (χ0n) is 7.76. The van der Waals surface area contributed by atoms with E-state index in [1.807, 2.05) is 0 Å². The van der Waals surface area contributed by atoms with Gasteiger partial charge in [0.15, 0.2) is 0 Å². The summed E-state index contributed by atoms with van der Waals surface area (Å²) in [6.07, 6.45) is 8.40. The quantitative estimate of drug-likeness (QED) is 0.535. The van der Waals surface area contributed by atoms with E-state index in [4.69, 9.17) is 11.6 Å². The summed E-state index contributed by atoms with van der Waals surface area (Å²) in [5.74, 6) is 6.45. The molecule has 0 N–H and O–H groups in total. The average molecular weight is 219 g/mol. The maximum absolute atomic E-state index is 5.44. The Labute approximate surface area is 92.0 Å². The van der Waals surface area contributed by atoms with Crippen LogP contribution in [0.2, 0.25) is 0 Å². The fourth-order valence-corrected chi connectivity index (χ4v) is 1.10. The van der Waals surface area contributed by atoms with Crippen molar-refractivity contribution in [3.05, 3.63) is 36.7 Å². The smallest absolute Gasteiger partial charge is 0.234 e. The van der Waals surface area contributed by atoms with Crippen LogP contribution in [0.1, 0.15) is 5.56 Å². The van der Waals surface area contributed by atoms with Crippen LogP contribution < -0.4 is 0 Å². The first-order chi connectivity index (χ1) is 7.40. The third kappa shape index (κ3) is 2.33. The van der Waals surface area contributed by atoms with Gasteiger partial charge in [-0.05, 0) is 0 Å². The first kappa shape index (κ1) is 9.69. The standard InChI is InChI=1S/C10H7ClN4/c11-3-1-2-9-6-13-10(14-7-9)15-5-4-12-8-15/h4-8H,3H2. The predicted molar refractivity (Wildman–Crippen MR) is 56.8 cm³/mol. The van der Waals surface area contributed by atoms with Crippen molar-refractivity contribution in [2.45, 2.75) is 0 Å². The number of rotatable bonds is 1. The minimum absolute atomic E-state index is 0.309. The van der Waals surface area contributed by atoms with Crippen molar-refractivity contribution < 1.29 is 0 Å². The van der Waals surface area contributed by atoms with E-state index in [0.717, 1.165) is 5.56 Å². The molecule has 0 saturated carbocycles. The van der Waals surface area contributed by atoms with E-state index < -0.39 is 0 Å². The topological polar surface area (TPSA) is 43.6 Å². The highest BCUT2D eigenvalue weighted by Gasteiger charge is 1.97. The molecule has 2 rings (SSSR count). The summed E-state index contributed by atoms with van der Waals surface area (Å²) in [6.45, 7) is 0. The van der Waals surface area contributed by atoms with Crippen LogP contribution in [-0.4, -0.2) is 25.4 Å². The van der Waals surface area contributed by atoms with Crippen LogP contribution in [0, 0.1) is 11.8 Å². The van der Waals surface area contributed by atoms with Crippen LogP contribution >= 0.6 is 11.6 Å². The molecule has 0 radical (unpaired) electrons. The second-order valence-corrected chi connectivity index (χ2v) is 2.94. The van der Waals surface area contributed by atoms with E-state index in [1.54, 1.807) is 35.7 Å². The lowest BCUT2D eigenvalue weighted by Gasteiger charge is -1.97. The minimum Gasteiger partial charge on any atom is -0.274 e. The van der Waals surface area contributed by atoms with E-state index in [9.17, 15) is 0 Å². The number of imidazole rings is 1. The van der Waals surface area contributed by atoms with Gasteiger partial charge in [0, 0.05) is 24.8 Å². The van der Waals surface area contributed by atoms with Gasteiger partial charge in [0.1, 0.15) is 6.33 Å². The van der Waals surface area contributed by atoms with Crippen LogP contribution in [0.25, 0.3) is 5.95 Å². The molecule has 0 aromatic carbocycles. The number of halogens is 1. The highest BCUT2D eigenvalue weighted by atomic mass is 35.5.